The molecule has 22 nitrogen and oxygen atoms in total. The molecule has 8 amide bonds. The van der Waals surface area contributed by atoms with Gasteiger partial charge in [0.05, 0.1) is 17.6 Å². The molecule has 1 fully saturated rings. The minimum absolute atomic E-state index is 0.00156. The van der Waals surface area contributed by atoms with Gasteiger partial charge in [-0.1, -0.05) is 98.4 Å². The Hall–Kier alpha value is -6.69. The first kappa shape index (κ1) is 71.8. The Kier molecular flexibility index (Phi) is 29.9. The number of nitrogens with one attached hydrogen (secondary N) is 6. The summed E-state index contributed by atoms with van der Waals surface area (Å²) < 4.78 is 11.9. The number of nitrogens with zero attached hydrogens (tertiary/aromatic N) is 3. The molecule has 2 heterocycles. The first-order chi connectivity index (χ1) is 40.8. The molecule has 1 aromatic heterocycles. The summed E-state index contributed by atoms with van der Waals surface area (Å²) in [6.45, 7) is 20.8. The number of carboxylic acids is 1. The summed E-state index contributed by atoms with van der Waals surface area (Å²) in [4.78, 5) is 115. The number of likely N-dealkylation sites (tertiary alicyclic amines) is 1. The van der Waals surface area contributed by atoms with Gasteiger partial charge < -0.3 is 57.5 Å². The van der Waals surface area contributed by atoms with E-state index in [9.17, 15) is 38.7 Å². The number of piperidine rings is 1. The normalized spacial score (nSPS) is 16.1. The van der Waals surface area contributed by atoms with Crippen molar-refractivity contribution in [2.24, 2.45) is 46.5 Å². The van der Waals surface area contributed by atoms with Crippen LogP contribution in [0.3, 0.4) is 0 Å². The molecule has 2 aromatic carbocycles. The lowest BCUT2D eigenvalue weighted by atomic mass is 9.80. The predicted octanol–water partition coefficient (Wildman–Crippen LogP) is 9.17. The molecule has 0 saturated carbocycles. The zero-order chi connectivity index (χ0) is 63.7. The van der Waals surface area contributed by atoms with E-state index >= 15 is 4.79 Å². The average Bonchev–Trinajstić information content (AvgIpc) is 2.47. The van der Waals surface area contributed by atoms with Crippen molar-refractivity contribution in [3.05, 3.63) is 70.0 Å². The van der Waals surface area contributed by atoms with Gasteiger partial charge in [-0.2, -0.15) is 0 Å². The molecule has 1 aliphatic rings. The van der Waals surface area contributed by atoms with E-state index in [1.54, 1.807) is 81.6 Å². The van der Waals surface area contributed by atoms with Crippen LogP contribution in [0.15, 0.2) is 53.9 Å². The predicted molar refractivity (Wildman–Crippen MR) is 336 cm³/mol. The molecule has 11 N–H and O–H groups in total. The van der Waals surface area contributed by atoms with Crippen LogP contribution in [0.2, 0.25) is 0 Å². The third-order valence-electron chi connectivity index (χ3n) is 16.0. The third kappa shape index (κ3) is 23.2. The number of unbranched alkanes of at least 4 members (excludes halogenated alkanes) is 3. The number of hydrogen-bond acceptors (Lipinski definition) is 14. The zero-order valence-corrected chi connectivity index (χ0v) is 53.4. The van der Waals surface area contributed by atoms with Crippen LogP contribution in [0.1, 0.15) is 169 Å². The van der Waals surface area contributed by atoms with Crippen LogP contribution in [0.5, 0.6) is 0 Å². The number of nitrogens with two attached hydrogens (primary N) is 2. The van der Waals surface area contributed by atoms with Gasteiger partial charge in [-0.25, -0.2) is 14.6 Å². The fraction of sp³-hybridized carbons (Fsp3) is 0.635. The van der Waals surface area contributed by atoms with E-state index in [1.165, 1.54) is 11.3 Å². The van der Waals surface area contributed by atoms with Crippen LogP contribution in [0.4, 0.5) is 26.8 Å². The number of primary amides is 1. The molecule has 0 radical (unpaired) electrons. The molecule has 478 valence electrons. The minimum Gasteiger partial charge on any atom is -0.481 e. The number of aromatic nitrogens is 1. The second-order valence-corrected chi connectivity index (χ2v) is 25.0. The van der Waals surface area contributed by atoms with Gasteiger partial charge >= 0.3 is 18.1 Å². The maximum atomic E-state index is 15.1. The van der Waals surface area contributed by atoms with Crippen LogP contribution in [-0.2, 0) is 51.3 Å². The van der Waals surface area contributed by atoms with Crippen LogP contribution in [-0.4, -0.2) is 125 Å². The van der Waals surface area contributed by atoms with Crippen LogP contribution < -0.4 is 43.4 Å². The molecule has 3 aromatic rings. The van der Waals surface area contributed by atoms with Crippen molar-refractivity contribution < 1.29 is 52.9 Å². The summed E-state index contributed by atoms with van der Waals surface area (Å²) in [7, 11) is 2.01. The number of rotatable bonds is 36. The summed E-state index contributed by atoms with van der Waals surface area (Å²) in [6, 6.07) is 10.6. The van der Waals surface area contributed by atoms with Gasteiger partial charge in [-0.05, 0) is 139 Å². The van der Waals surface area contributed by atoms with Gasteiger partial charge in [0.25, 0.3) is 0 Å². The van der Waals surface area contributed by atoms with Gasteiger partial charge in [0.2, 0.25) is 29.5 Å². The molecule has 4 rings (SSSR count). The number of ether oxygens (including phenoxy) is 2. The highest BCUT2D eigenvalue weighted by Gasteiger charge is 2.41. The molecular formula is C63H99N11O11S. The van der Waals surface area contributed by atoms with Gasteiger partial charge in [0.15, 0.2) is 0 Å². The zero-order valence-electron chi connectivity index (χ0n) is 52.6. The lowest BCUT2D eigenvalue weighted by molar-refractivity contribution is -0.149. The number of carbonyl (C=O) groups excluding carboxylic acids is 7. The largest absolute Gasteiger partial charge is 0.481 e. The summed E-state index contributed by atoms with van der Waals surface area (Å²) in [5.74, 6) is -4.59. The van der Waals surface area contributed by atoms with E-state index in [0.717, 1.165) is 51.5 Å². The molecule has 1 saturated heterocycles. The van der Waals surface area contributed by atoms with E-state index in [0.29, 0.717) is 59.9 Å². The number of hydrogen-bond donors (Lipinski definition) is 9. The number of carboxylic acid groups (broad SMARTS) is 1. The van der Waals surface area contributed by atoms with Gasteiger partial charge in [-0.15, -0.1) is 11.3 Å². The van der Waals surface area contributed by atoms with E-state index in [2.05, 4.69) is 57.6 Å². The summed E-state index contributed by atoms with van der Waals surface area (Å²) in [6.07, 6.45) is 7.13. The number of thiazole rings is 1. The van der Waals surface area contributed by atoms with Gasteiger partial charge in [-0.3, -0.25) is 39.0 Å². The Balaban J connectivity index is 1.44. The second-order valence-electron chi connectivity index (χ2n) is 24.2. The van der Waals surface area contributed by atoms with Gasteiger partial charge in [0, 0.05) is 54.8 Å². The SMILES string of the molecule is CCCCCCN(C(=O)[C@H](C(=O)N[C@H]1CCCCN1C)[C@@H](C)CC)[C@H](C[C@@H](OCC)c1nc(NC(=O)[C@@H](Cc2ccc(NC(=O)OCc3ccc(NC(=O)[C@H](CCCNC(N)=O)NC(=O)[C@@H](N)C(C)C)cc3)cc2)CC(C)(C)C(=O)O)cs1)C(C)C. The Labute approximate surface area is 513 Å². The van der Waals surface area contributed by atoms with E-state index in [4.69, 9.17) is 25.9 Å². The molecule has 0 bridgehead atoms. The Morgan fingerprint density at radius 2 is 1.49 bits per heavy atom. The monoisotopic (exact) mass is 1220 g/mol. The topological polar surface area (TPSA) is 319 Å². The summed E-state index contributed by atoms with van der Waals surface area (Å²) in [5.41, 5.74) is 12.1. The highest BCUT2D eigenvalue weighted by Crippen LogP contribution is 2.35. The number of benzene rings is 2. The molecule has 0 aliphatic carbocycles. The number of amides is 8. The second kappa shape index (κ2) is 35.8. The smallest absolute Gasteiger partial charge is 0.411 e. The van der Waals surface area contributed by atoms with Crippen molar-refractivity contribution in [2.75, 3.05) is 49.2 Å². The van der Waals surface area contributed by atoms with Crippen LogP contribution >= 0.6 is 11.3 Å². The first-order valence-electron chi connectivity index (χ1n) is 30.7. The lowest BCUT2D eigenvalue weighted by Gasteiger charge is -2.40. The number of carbonyl (C=O) groups is 8. The fourth-order valence-corrected chi connectivity index (χ4v) is 11.2. The highest BCUT2D eigenvalue weighted by molar-refractivity contribution is 7.10. The van der Waals surface area contributed by atoms with Crippen molar-refractivity contribution in [1.29, 1.82) is 0 Å². The summed E-state index contributed by atoms with van der Waals surface area (Å²) >= 11 is 1.33. The van der Waals surface area contributed by atoms with Gasteiger partial charge in [0.1, 0.15) is 35.5 Å². The van der Waals surface area contributed by atoms with E-state index in [-0.39, 0.29) is 80.0 Å². The van der Waals surface area contributed by atoms with Crippen molar-refractivity contribution in [3.8, 4) is 0 Å². The van der Waals surface area contributed by atoms with Crippen molar-refractivity contribution in [3.63, 3.8) is 0 Å². The van der Waals surface area contributed by atoms with Crippen molar-refractivity contribution in [2.45, 2.75) is 190 Å². The standard InChI is InChI=1S/C63H99N11O11S/c1-12-15-16-18-33-74(59(79)52(41(8)13-2)56(77)72-51-22-17-19-32-73(51)11)48(39(4)5)35-49(84-14-3)58-71-50(38-86-58)70-54(75)44(36-63(9,10)60(80)81)34-42-23-27-46(28-24-42)68-62(83)85-37-43-25-29-45(30-26-43)67-55(76)47(21-20-31-66-61(65)82)69-57(78)53(64)40(6)7/h23-30,38-41,44,47-49,51-53H,12-22,31-37,64H2,1-11H3,(H,67,76)(H,68,83)(H,69,78)(H,70,75)(H,72,77)(H,80,81)(H3,65,66,82)/t41-,44-,47-,48+,49+,51+,52-,53-/m0/s1. The molecule has 0 spiro atoms. The lowest BCUT2D eigenvalue weighted by Crippen LogP contribution is -2.56. The quantitative estimate of drug-likeness (QED) is 0.0194. The molecule has 86 heavy (non-hydrogen) atoms. The number of anilines is 3. The number of urea groups is 1. The maximum Gasteiger partial charge on any atom is 0.411 e. The van der Waals surface area contributed by atoms with E-state index in [1.807, 2.05) is 32.7 Å². The van der Waals surface area contributed by atoms with Crippen LogP contribution in [0.25, 0.3) is 0 Å². The molecular weight excluding hydrogens is 1120 g/mol. The molecule has 0 unspecified atom stereocenters. The first-order valence-corrected chi connectivity index (χ1v) is 31.6. The molecule has 1 aliphatic heterocycles. The Morgan fingerprint density at radius 1 is 0.826 bits per heavy atom. The fourth-order valence-electron chi connectivity index (χ4n) is 10.4. The van der Waals surface area contributed by atoms with E-state index < -0.39 is 71.3 Å². The average molecular weight is 1220 g/mol. The highest BCUT2D eigenvalue weighted by atomic mass is 32.1. The van der Waals surface area contributed by atoms with Crippen molar-refractivity contribution >= 4 is 76.2 Å². The Morgan fingerprint density at radius 3 is 2.08 bits per heavy atom. The maximum absolute atomic E-state index is 15.1. The van der Waals surface area contributed by atoms with Crippen LogP contribution in [0, 0.1) is 35.0 Å². The van der Waals surface area contributed by atoms with Crippen molar-refractivity contribution in [1.82, 2.24) is 30.7 Å². The third-order valence-corrected chi connectivity index (χ3v) is 17.0. The minimum atomic E-state index is -1.27. The Bertz CT molecular complexity index is 2650. The molecule has 8 atom stereocenters. The summed E-state index contributed by atoms with van der Waals surface area (Å²) in [5, 5.41) is 29.4. The molecule has 23 heteroatoms. The number of aliphatic carboxylic acids is 1.